The van der Waals surface area contributed by atoms with Crippen molar-refractivity contribution in [2.45, 2.75) is 26.5 Å². The van der Waals surface area contributed by atoms with Crippen LogP contribution in [0.5, 0.6) is 11.5 Å². The smallest absolute Gasteiger partial charge is 0.246 e. The van der Waals surface area contributed by atoms with E-state index >= 15 is 0 Å². The molecule has 146 valence electrons. The molecular formula is C20H22N4O3S. The fraction of sp³-hybridized carbons (Fsp3) is 0.250. The highest BCUT2D eigenvalue weighted by Gasteiger charge is 2.10. The quantitative estimate of drug-likeness (QED) is 0.578. The molecule has 0 aliphatic rings. The number of rotatable bonds is 7. The van der Waals surface area contributed by atoms with Crippen LogP contribution in [0, 0.1) is 0 Å². The van der Waals surface area contributed by atoms with Gasteiger partial charge in [-0.15, -0.1) is 0 Å². The first kappa shape index (κ1) is 19.6. The first-order valence-electron chi connectivity index (χ1n) is 8.82. The normalized spacial score (nSPS) is 10.6. The Kier molecular flexibility index (Phi) is 6.44. The van der Waals surface area contributed by atoms with E-state index in [2.05, 4.69) is 20.8 Å². The first-order valence-corrected chi connectivity index (χ1v) is 9.23. The monoisotopic (exact) mass is 398 g/mol. The van der Waals surface area contributed by atoms with E-state index in [1.165, 1.54) is 0 Å². The minimum atomic E-state index is 0.137. The number of benzene rings is 2. The lowest BCUT2D eigenvalue weighted by Gasteiger charge is -2.12. The van der Waals surface area contributed by atoms with E-state index in [1.807, 2.05) is 62.4 Å². The molecule has 2 N–H and O–H groups in total. The van der Waals surface area contributed by atoms with E-state index in [1.54, 1.807) is 7.11 Å². The summed E-state index contributed by atoms with van der Waals surface area (Å²) in [6.07, 6.45) is 0.137. The van der Waals surface area contributed by atoms with Crippen LogP contribution in [0.1, 0.15) is 19.7 Å². The average molecular weight is 398 g/mol. The van der Waals surface area contributed by atoms with Crippen LogP contribution in [0.25, 0.3) is 11.4 Å². The summed E-state index contributed by atoms with van der Waals surface area (Å²) in [7, 11) is 1.61. The van der Waals surface area contributed by atoms with Gasteiger partial charge in [-0.25, -0.2) is 0 Å². The van der Waals surface area contributed by atoms with Gasteiger partial charge in [0.15, 0.2) is 5.11 Å². The van der Waals surface area contributed by atoms with Gasteiger partial charge in [-0.3, -0.25) is 0 Å². The number of nitrogens with one attached hydrogen (secondary N) is 2. The zero-order chi connectivity index (χ0) is 19.9. The Labute approximate surface area is 169 Å². The lowest BCUT2D eigenvalue weighted by atomic mass is 10.2. The third kappa shape index (κ3) is 5.43. The van der Waals surface area contributed by atoms with Crippen LogP contribution in [0.2, 0.25) is 0 Å². The van der Waals surface area contributed by atoms with Gasteiger partial charge in [0.2, 0.25) is 11.7 Å². The predicted molar refractivity (Wildman–Crippen MR) is 112 cm³/mol. The highest BCUT2D eigenvalue weighted by Crippen LogP contribution is 2.21. The van der Waals surface area contributed by atoms with Gasteiger partial charge in [0.25, 0.3) is 0 Å². The molecule has 0 bridgehead atoms. The van der Waals surface area contributed by atoms with E-state index in [-0.39, 0.29) is 6.10 Å². The van der Waals surface area contributed by atoms with Gasteiger partial charge in [-0.05, 0) is 62.5 Å². The van der Waals surface area contributed by atoms with Crippen LogP contribution in [0.4, 0.5) is 5.69 Å². The van der Waals surface area contributed by atoms with Crippen LogP contribution in [0.3, 0.4) is 0 Å². The number of thiocarbonyl (C=S) groups is 1. The number of nitrogens with zero attached hydrogens (tertiary/aromatic N) is 2. The molecule has 8 heteroatoms. The largest absolute Gasteiger partial charge is 0.497 e. The van der Waals surface area contributed by atoms with Crippen LogP contribution in [-0.4, -0.2) is 28.5 Å². The molecule has 0 saturated carbocycles. The van der Waals surface area contributed by atoms with Crippen molar-refractivity contribution in [1.29, 1.82) is 0 Å². The summed E-state index contributed by atoms with van der Waals surface area (Å²) in [6, 6.07) is 15.1. The Morgan fingerprint density at radius 3 is 2.64 bits per heavy atom. The molecule has 0 unspecified atom stereocenters. The summed E-state index contributed by atoms with van der Waals surface area (Å²) in [5.41, 5.74) is 1.68. The molecule has 7 nitrogen and oxygen atoms in total. The average Bonchev–Trinajstić information content (AvgIpc) is 3.17. The van der Waals surface area contributed by atoms with Gasteiger partial charge in [-0.1, -0.05) is 17.3 Å². The molecule has 0 saturated heterocycles. The van der Waals surface area contributed by atoms with Crippen molar-refractivity contribution in [3.8, 4) is 22.9 Å². The molecule has 3 aromatic rings. The predicted octanol–water partition coefficient (Wildman–Crippen LogP) is 4.02. The number of ether oxygens (including phenoxy) is 2. The Bertz CT molecular complexity index is 925. The number of hydrogen-bond acceptors (Lipinski definition) is 6. The maximum Gasteiger partial charge on any atom is 0.246 e. The second-order valence-corrected chi connectivity index (χ2v) is 6.65. The first-order chi connectivity index (χ1) is 13.5. The number of anilines is 1. The molecule has 0 spiro atoms. The van der Waals surface area contributed by atoms with Crippen molar-refractivity contribution < 1.29 is 14.0 Å². The maximum atomic E-state index is 5.62. The van der Waals surface area contributed by atoms with E-state index in [0.717, 1.165) is 22.7 Å². The molecule has 1 heterocycles. The molecule has 0 aliphatic carbocycles. The molecule has 2 aromatic carbocycles. The highest BCUT2D eigenvalue weighted by molar-refractivity contribution is 7.80. The summed E-state index contributed by atoms with van der Waals surface area (Å²) < 4.78 is 16.1. The third-order valence-electron chi connectivity index (χ3n) is 3.68. The molecule has 1 aromatic heterocycles. The standard InChI is InChI=1S/C20H22N4O3S/c1-13(2)26-16-9-7-15(8-10-16)22-20(28)21-12-18-23-19(24-27-18)14-5-4-6-17(11-14)25-3/h4-11,13H,12H2,1-3H3,(H2,21,22,28). The second kappa shape index (κ2) is 9.18. The number of aromatic nitrogens is 2. The fourth-order valence-corrected chi connectivity index (χ4v) is 2.62. The van der Waals surface area contributed by atoms with Crippen molar-refractivity contribution in [2.24, 2.45) is 0 Å². The topological polar surface area (TPSA) is 81.4 Å². The van der Waals surface area contributed by atoms with Crippen molar-refractivity contribution in [3.63, 3.8) is 0 Å². The Hall–Kier alpha value is -3.13. The minimum absolute atomic E-state index is 0.137. The van der Waals surface area contributed by atoms with Crippen molar-refractivity contribution in [3.05, 3.63) is 54.4 Å². The molecule has 0 aliphatic heterocycles. The fourth-order valence-electron chi connectivity index (χ4n) is 2.43. The van der Waals surface area contributed by atoms with Gasteiger partial charge < -0.3 is 24.6 Å². The summed E-state index contributed by atoms with van der Waals surface area (Å²) in [4.78, 5) is 4.37. The third-order valence-corrected chi connectivity index (χ3v) is 3.93. The molecule has 0 atom stereocenters. The molecule has 3 rings (SSSR count). The molecule has 0 amide bonds. The Balaban J connectivity index is 1.53. The molecule has 0 fully saturated rings. The zero-order valence-corrected chi connectivity index (χ0v) is 16.7. The van der Waals surface area contributed by atoms with Crippen molar-refractivity contribution in [1.82, 2.24) is 15.5 Å². The van der Waals surface area contributed by atoms with Crippen molar-refractivity contribution in [2.75, 3.05) is 12.4 Å². The minimum Gasteiger partial charge on any atom is -0.497 e. The highest BCUT2D eigenvalue weighted by atomic mass is 32.1. The van der Waals surface area contributed by atoms with E-state index in [0.29, 0.717) is 23.4 Å². The summed E-state index contributed by atoms with van der Waals surface area (Å²) >= 11 is 5.31. The summed E-state index contributed by atoms with van der Waals surface area (Å²) in [5.74, 6) is 2.48. The van der Waals surface area contributed by atoms with Crippen molar-refractivity contribution >= 4 is 23.0 Å². The van der Waals surface area contributed by atoms with Gasteiger partial charge in [0.1, 0.15) is 11.5 Å². The molecular weight excluding hydrogens is 376 g/mol. The number of hydrogen-bond donors (Lipinski definition) is 2. The SMILES string of the molecule is COc1cccc(-c2noc(CNC(=S)Nc3ccc(OC(C)C)cc3)n2)c1. The van der Waals surface area contributed by atoms with E-state index < -0.39 is 0 Å². The second-order valence-electron chi connectivity index (χ2n) is 6.24. The van der Waals surface area contributed by atoms with Gasteiger partial charge in [0, 0.05) is 11.3 Å². The number of methoxy groups -OCH3 is 1. The van der Waals surface area contributed by atoms with Gasteiger partial charge in [0.05, 0.1) is 19.8 Å². The van der Waals surface area contributed by atoms with Crippen LogP contribution >= 0.6 is 12.2 Å². The molecule has 28 heavy (non-hydrogen) atoms. The summed E-state index contributed by atoms with van der Waals surface area (Å²) in [6.45, 7) is 4.29. The van der Waals surface area contributed by atoms with E-state index in [9.17, 15) is 0 Å². The van der Waals surface area contributed by atoms with Crippen LogP contribution in [-0.2, 0) is 6.54 Å². The zero-order valence-electron chi connectivity index (χ0n) is 15.9. The lowest BCUT2D eigenvalue weighted by Crippen LogP contribution is -2.28. The Morgan fingerprint density at radius 1 is 1.14 bits per heavy atom. The Morgan fingerprint density at radius 2 is 1.93 bits per heavy atom. The van der Waals surface area contributed by atoms with Gasteiger partial charge >= 0.3 is 0 Å². The van der Waals surface area contributed by atoms with Gasteiger partial charge in [-0.2, -0.15) is 4.98 Å². The maximum absolute atomic E-state index is 5.62. The molecule has 0 radical (unpaired) electrons. The summed E-state index contributed by atoms with van der Waals surface area (Å²) in [5, 5.41) is 10.6. The lowest BCUT2D eigenvalue weighted by molar-refractivity contribution is 0.242. The van der Waals surface area contributed by atoms with E-state index in [4.69, 9.17) is 26.2 Å². The van der Waals surface area contributed by atoms with Crippen LogP contribution < -0.4 is 20.1 Å². The van der Waals surface area contributed by atoms with Crippen LogP contribution in [0.15, 0.2) is 53.1 Å².